The van der Waals surface area contributed by atoms with Crippen LogP contribution in [0.3, 0.4) is 0 Å². The van der Waals surface area contributed by atoms with Crippen molar-refractivity contribution in [2.24, 2.45) is 10.7 Å². The normalized spacial score (nSPS) is 18.6. The molecule has 164 valence electrons. The lowest BCUT2D eigenvalue weighted by atomic mass is 9.86. The Morgan fingerprint density at radius 1 is 1.32 bits per heavy atom. The van der Waals surface area contributed by atoms with E-state index in [-0.39, 0.29) is 35.8 Å². The van der Waals surface area contributed by atoms with E-state index in [1.165, 1.54) is 18.3 Å². The van der Waals surface area contributed by atoms with E-state index in [1.807, 2.05) is 0 Å². The Labute approximate surface area is 184 Å². The molecular weight excluding hydrogens is 481 g/mol. The van der Waals surface area contributed by atoms with E-state index in [4.69, 9.17) is 5.73 Å². The van der Waals surface area contributed by atoms with Gasteiger partial charge in [-0.2, -0.15) is 0 Å². The average molecular weight is 499 g/mol. The van der Waals surface area contributed by atoms with Crippen LogP contribution in [-0.2, 0) is 16.7 Å². The number of carbonyl (C=O) groups is 2. The summed E-state index contributed by atoms with van der Waals surface area (Å²) in [5.41, 5.74) is 3.27. The molecule has 3 rings (SSSR count). The van der Waals surface area contributed by atoms with Crippen LogP contribution in [0.2, 0.25) is 0 Å². The Bertz CT molecular complexity index is 1030. The maximum absolute atomic E-state index is 14.7. The molecule has 1 aliphatic rings. The SMILES string of the molecule is COC(=O)N1CC(N)=NC(c2cc(CC(=O)c3ccc(Br)cn3)ccc2F)(C(F)F)C1. The predicted molar refractivity (Wildman–Crippen MR) is 110 cm³/mol. The monoisotopic (exact) mass is 498 g/mol. The van der Waals surface area contributed by atoms with Crippen molar-refractivity contribution >= 4 is 33.6 Å². The quantitative estimate of drug-likeness (QED) is 0.637. The highest BCUT2D eigenvalue weighted by Crippen LogP contribution is 2.38. The van der Waals surface area contributed by atoms with Crippen LogP contribution in [0, 0.1) is 5.82 Å². The minimum Gasteiger partial charge on any atom is -0.453 e. The Balaban J connectivity index is 2.00. The second-order valence-corrected chi connectivity index (χ2v) is 7.85. The number of hydrogen-bond acceptors (Lipinski definition) is 6. The molecule has 0 bridgehead atoms. The fraction of sp³-hybridized carbons (Fsp3) is 0.300. The summed E-state index contributed by atoms with van der Waals surface area (Å²) >= 11 is 3.22. The summed E-state index contributed by atoms with van der Waals surface area (Å²) in [6, 6.07) is 6.61. The highest BCUT2D eigenvalue weighted by Gasteiger charge is 2.49. The summed E-state index contributed by atoms with van der Waals surface area (Å²) in [6.07, 6.45) is -2.82. The number of ether oxygens (including phenoxy) is 1. The molecule has 1 unspecified atom stereocenters. The second kappa shape index (κ2) is 9.04. The fourth-order valence-electron chi connectivity index (χ4n) is 3.34. The van der Waals surface area contributed by atoms with Crippen LogP contribution in [0.1, 0.15) is 21.6 Å². The molecule has 1 amide bonds. The molecule has 11 heteroatoms. The number of pyridine rings is 1. The minimum atomic E-state index is -3.19. The van der Waals surface area contributed by atoms with Gasteiger partial charge in [0.15, 0.2) is 11.3 Å². The van der Waals surface area contributed by atoms with Crippen molar-refractivity contribution in [1.82, 2.24) is 9.88 Å². The molecule has 7 nitrogen and oxygen atoms in total. The first kappa shape index (κ1) is 22.7. The van der Waals surface area contributed by atoms with Gasteiger partial charge < -0.3 is 10.5 Å². The van der Waals surface area contributed by atoms with Crippen LogP contribution >= 0.6 is 15.9 Å². The first-order chi connectivity index (χ1) is 14.7. The van der Waals surface area contributed by atoms with Gasteiger partial charge in [0.25, 0.3) is 6.43 Å². The number of ketones is 1. The second-order valence-electron chi connectivity index (χ2n) is 6.93. The third kappa shape index (κ3) is 4.71. The molecule has 0 aliphatic carbocycles. The lowest BCUT2D eigenvalue weighted by molar-refractivity contribution is 0.0231. The number of carbonyl (C=O) groups excluding carboxylic acids is 2. The molecule has 2 heterocycles. The number of aromatic nitrogens is 1. The number of amides is 1. The minimum absolute atomic E-state index is 0.175. The average Bonchev–Trinajstić information content (AvgIpc) is 2.74. The number of hydrogen-bond donors (Lipinski definition) is 1. The molecule has 0 spiro atoms. The number of Topliss-reactive ketones (excluding diaryl/α,β-unsaturated/α-hetero) is 1. The number of methoxy groups -OCH3 is 1. The van der Waals surface area contributed by atoms with Crippen molar-refractivity contribution in [3.05, 3.63) is 63.6 Å². The Morgan fingerprint density at radius 3 is 2.68 bits per heavy atom. The van der Waals surface area contributed by atoms with Crippen molar-refractivity contribution in [2.75, 3.05) is 20.2 Å². The Hall–Kier alpha value is -2.95. The maximum Gasteiger partial charge on any atom is 0.409 e. The zero-order valence-electron chi connectivity index (χ0n) is 16.3. The Kier molecular flexibility index (Phi) is 6.63. The van der Waals surface area contributed by atoms with Crippen molar-refractivity contribution in [3.8, 4) is 0 Å². The number of aliphatic imine (C=N–C) groups is 1. The summed E-state index contributed by atoms with van der Waals surface area (Å²) in [5.74, 6) is -1.60. The number of nitrogens with zero attached hydrogens (tertiary/aromatic N) is 3. The Morgan fingerprint density at radius 2 is 2.06 bits per heavy atom. The number of amidine groups is 1. The summed E-state index contributed by atoms with van der Waals surface area (Å²) < 4.78 is 48.5. The van der Waals surface area contributed by atoms with E-state index in [0.717, 1.165) is 24.1 Å². The summed E-state index contributed by atoms with van der Waals surface area (Å²) in [4.78, 5) is 33.2. The third-order valence-corrected chi connectivity index (χ3v) is 5.27. The summed E-state index contributed by atoms with van der Waals surface area (Å²) in [6.45, 7) is -0.864. The van der Waals surface area contributed by atoms with E-state index in [0.29, 0.717) is 4.47 Å². The molecule has 2 aromatic rings. The van der Waals surface area contributed by atoms with Crippen molar-refractivity contribution in [2.45, 2.75) is 18.4 Å². The maximum atomic E-state index is 14.7. The number of halogens is 4. The number of rotatable bonds is 5. The van der Waals surface area contributed by atoms with Gasteiger partial charge in [-0.05, 0) is 45.8 Å². The fourth-order valence-corrected chi connectivity index (χ4v) is 3.57. The van der Waals surface area contributed by atoms with Crippen LogP contribution < -0.4 is 5.73 Å². The highest BCUT2D eigenvalue weighted by molar-refractivity contribution is 9.10. The topological polar surface area (TPSA) is 97.9 Å². The van der Waals surface area contributed by atoms with Crippen molar-refractivity contribution < 1.29 is 27.5 Å². The van der Waals surface area contributed by atoms with Crippen LogP contribution in [0.25, 0.3) is 0 Å². The molecule has 1 aromatic heterocycles. The highest BCUT2D eigenvalue weighted by atomic mass is 79.9. The van der Waals surface area contributed by atoms with Crippen LogP contribution in [0.5, 0.6) is 0 Å². The molecule has 0 fully saturated rings. The third-order valence-electron chi connectivity index (χ3n) is 4.80. The van der Waals surface area contributed by atoms with E-state index >= 15 is 0 Å². The first-order valence-electron chi connectivity index (χ1n) is 9.05. The van der Waals surface area contributed by atoms with E-state index in [2.05, 4.69) is 30.6 Å². The van der Waals surface area contributed by atoms with E-state index in [1.54, 1.807) is 6.07 Å². The molecule has 2 N–H and O–H groups in total. The molecule has 31 heavy (non-hydrogen) atoms. The molecule has 0 saturated heterocycles. The summed E-state index contributed by atoms with van der Waals surface area (Å²) in [5, 5.41) is 0. The molecule has 0 radical (unpaired) electrons. The smallest absolute Gasteiger partial charge is 0.409 e. The van der Waals surface area contributed by atoms with E-state index < -0.39 is 36.0 Å². The van der Waals surface area contributed by atoms with Gasteiger partial charge in [0, 0.05) is 22.7 Å². The van der Waals surface area contributed by atoms with Gasteiger partial charge in [0.2, 0.25) is 0 Å². The number of alkyl halides is 2. The first-order valence-corrected chi connectivity index (χ1v) is 9.84. The van der Waals surface area contributed by atoms with Gasteiger partial charge in [-0.3, -0.25) is 19.7 Å². The van der Waals surface area contributed by atoms with Gasteiger partial charge in [0.1, 0.15) is 17.3 Å². The van der Waals surface area contributed by atoms with Gasteiger partial charge in [0.05, 0.1) is 20.2 Å². The van der Waals surface area contributed by atoms with Crippen LogP contribution in [-0.4, -0.2) is 54.2 Å². The van der Waals surface area contributed by atoms with Gasteiger partial charge in [-0.1, -0.05) is 6.07 Å². The van der Waals surface area contributed by atoms with Gasteiger partial charge in [-0.15, -0.1) is 0 Å². The molecule has 1 aromatic carbocycles. The molecule has 0 saturated carbocycles. The molecule has 1 aliphatic heterocycles. The van der Waals surface area contributed by atoms with E-state index in [9.17, 15) is 22.8 Å². The summed E-state index contributed by atoms with van der Waals surface area (Å²) in [7, 11) is 1.09. The molecular formula is C20H18BrF3N4O3. The lowest BCUT2D eigenvalue weighted by Crippen LogP contribution is -2.55. The standard InChI is InChI=1S/C20H18BrF3N4O3/c1-31-19(30)28-9-17(25)27-20(10-28,18(23)24)13-6-11(2-4-14(13)22)7-16(29)15-5-3-12(21)8-26-15/h2-6,8,18H,7,9-10H2,1H3,(H2,25,27). The zero-order chi connectivity index (χ0) is 22.8. The molecule has 1 atom stereocenters. The zero-order valence-corrected chi connectivity index (χ0v) is 17.9. The van der Waals surface area contributed by atoms with Gasteiger partial charge in [-0.25, -0.2) is 18.0 Å². The number of nitrogens with two attached hydrogens (primary N) is 1. The number of benzene rings is 1. The lowest BCUT2D eigenvalue weighted by Gasteiger charge is -2.38. The largest absolute Gasteiger partial charge is 0.453 e. The van der Waals surface area contributed by atoms with Crippen molar-refractivity contribution in [1.29, 1.82) is 0 Å². The van der Waals surface area contributed by atoms with Crippen molar-refractivity contribution in [3.63, 3.8) is 0 Å². The van der Waals surface area contributed by atoms with Crippen LogP contribution in [0.4, 0.5) is 18.0 Å². The predicted octanol–water partition coefficient (Wildman–Crippen LogP) is 3.31. The van der Waals surface area contributed by atoms with Crippen LogP contribution in [0.15, 0.2) is 46.0 Å². The van der Waals surface area contributed by atoms with Gasteiger partial charge >= 0.3 is 6.09 Å².